The second-order valence-corrected chi connectivity index (χ2v) is 6.46. The molecule has 17 heavy (non-hydrogen) atoms. The molecule has 0 fully saturated rings. The Kier molecular flexibility index (Phi) is 2.66. The molecule has 1 nitrogen and oxygen atoms in total. The number of aromatic nitrogens is 1. The van der Waals surface area contributed by atoms with Gasteiger partial charge in [0.25, 0.3) is 0 Å². The van der Waals surface area contributed by atoms with Crippen LogP contribution in [0.5, 0.6) is 0 Å². The van der Waals surface area contributed by atoms with Gasteiger partial charge in [-0.15, -0.1) is 0 Å². The fourth-order valence-corrected chi connectivity index (χ4v) is 2.54. The van der Waals surface area contributed by atoms with E-state index >= 15 is 0 Å². The molecule has 0 amide bonds. The number of hydrogen-bond acceptors (Lipinski definition) is 0. The summed E-state index contributed by atoms with van der Waals surface area (Å²) in [6.45, 7) is 2.03. The number of benzene rings is 2. The predicted octanol–water partition coefficient (Wildman–Crippen LogP) is 4.11. The van der Waals surface area contributed by atoms with Crippen LogP contribution in [0.15, 0.2) is 36.4 Å². The Morgan fingerprint density at radius 3 is 2.53 bits per heavy atom. The fourth-order valence-electron chi connectivity index (χ4n) is 2.30. The molecule has 2 aromatic carbocycles. The molecule has 2 heterocycles. The summed E-state index contributed by atoms with van der Waals surface area (Å²) in [5, 5.41) is 3.50. The van der Waals surface area contributed by atoms with Gasteiger partial charge in [0.2, 0.25) is 0 Å². The number of pyridine rings is 1. The minimum absolute atomic E-state index is 0.111. The van der Waals surface area contributed by atoms with E-state index in [-0.39, 0.29) is 8.83 Å². The number of para-hydroxylation sites is 1. The van der Waals surface area contributed by atoms with Gasteiger partial charge in [0.05, 0.1) is 21.7 Å². The zero-order chi connectivity index (χ0) is 12.0. The first-order valence-electron chi connectivity index (χ1n) is 5.57. The lowest BCUT2D eigenvalue weighted by Gasteiger charge is -1.96. The highest BCUT2D eigenvalue weighted by atomic mass is 35.6. The van der Waals surface area contributed by atoms with Crippen molar-refractivity contribution in [1.82, 2.24) is 4.57 Å². The molecule has 0 saturated heterocycles. The lowest BCUT2D eigenvalue weighted by molar-refractivity contribution is 1.37. The Balaban J connectivity index is 0.000000276. The largest absolute Gasteiger partial charge is 0.304 e. The minimum atomic E-state index is -0.111. The lowest BCUT2D eigenvalue weighted by Crippen LogP contribution is -1.76. The molecular weight excluding hydrogens is 269 g/mol. The maximum atomic E-state index is 6.09. The predicted molar refractivity (Wildman–Crippen MR) is 79.6 cm³/mol. The summed E-state index contributed by atoms with van der Waals surface area (Å²) in [5.41, 5.74) is 3.77. The van der Waals surface area contributed by atoms with Crippen molar-refractivity contribution in [1.29, 1.82) is 0 Å². The molecule has 3 aromatic rings. The normalized spacial score (nSPS) is 12.2. The molecule has 0 spiro atoms. The third-order valence-corrected chi connectivity index (χ3v) is 3.24. The zero-order valence-electron chi connectivity index (χ0n) is 9.37. The van der Waals surface area contributed by atoms with Crippen molar-refractivity contribution in [2.24, 2.45) is 0 Å². The van der Waals surface area contributed by atoms with Crippen molar-refractivity contribution in [2.75, 3.05) is 0 Å². The summed E-state index contributed by atoms with van der Waals surface area (Å²) in [5.74, 6) is 0. The lowest BCUT2D eigenvalue weighted by atomic mass is 10.1. The first kappa shape index (κ1) is 11.1. The van der Waals surface area contributed by atoms with Gasteiger partial charge in [-0.2, -0.15) is 11.1 Å². The molecule has 4 rings (SSSR count). The quantitative estimate of drug-likeness (QED) is 0.337. The second kappa shape index (κ2) is 4.05. The van der Waals surface area contributed by atoms with E-state index in [0.29, 0.717) is 0 Å². The van der Waals surface area contributed by atoms with Crippen molar-refractivity contribution < 1.29 is 0 Å². The molecule has 0 unspecified atom stereocenters. The van der Waals surface area contributed by atoms with Gasteiger partial charge in [-0.3, -0.25) is 0 Å². The van der Waals surface area contributed by atoms with Gasteiger partial charge in [-0.1, -0.05) is 42.4 Å². The summed E-state index contributed by atoms with van der Waals surface area (Å²) in [7, 11) is -0.111. The molecule has 4 heteroatoms. The standard InChI is InChI=1S/C12H6ClN.CH5ClSi/c13-9-6-5-8-7-3-1-2-4-10(7)14-11(8)12(9)14;1-3-2/h1-6H;3H2,1H3. The van der Waals surface area contributed by atoms with E-state index in [1.54, 1.807) is 0 Å². The van der Waals surface area contributed by atoms with Gasteiger partial charge in [0.15, 0.2) is 0 Å². The number of rotatable bonds is 0. The van der Waals surface area contributed by atoms with E-state index < -0.39 is 0 Å². The summed E-state index contributed by atoms with van der Waals surface area (Å²) in [6, 6.07) is 12.5. The maximum Gasteiger partial charge on any atom is 0.122 e. The van der Waals surface area contributed by atoms with Crippen LogP contribution in [0.2, 0.25) is 11.6 Å². The molecule has 1 aromatic heterocycles. The molecule has 0 aliphatic carbocycles. The van der Waals surface area contributed by atoms with Crippen LogP contribution in [0.1, 0.15) is 0 Å². The monoisotopic (exact) mass is 279 g/mol. The Hall–Kier alpha value is -0.963. The van der Waals surface area contributed by atoms with Crippen LogP contribution in [0.25, 0.3) is 27.5 Å². The molecular formula is C13H11Cl2NSi. The van der Waals surface area contributed by atoms with E-state index in [1.165, 1.54) is 27.5 Å². The van der Waals surface area contributed by atoms with Gasteiger partial charge in [-0.25, -0.2) is 0 Å². The summed E-state index contributed by atoms with van der Waals surface area (Å²) in [4.78, 5) is 0. The van der Waals surface area contributed by atoms with Crippen LogP contribution < -0.4 is 0 Å². The molecule has 0 radical (unpaired) electrons. The molecule has 0 N–H and O–H groups in total. The SMILES string of the molecule is C[SiH2]Cl.Clc1ccc2c3ccccc3n3c2c1-3. The Morgan fingerprint density at radius 2 is 1.76 bits per heavy atom. The molecule has 0 atom stereocenters. The number of hydrogen-bond donors (Lipinski definition) is 0. The van der Waals surface area contributed by atoms with Gasteiger partial charge in [0, 0.05) is 10.8 Å². The van der Waals surface area contributed by atoms with E-state index in [9.17, 15) is 0 Å². The average Bonchev–Trinajstić information content (AvgIpc) is 2.99. The second-order valence-electron chi connectivity index (χ2n) is 3.91. The third-order valence-electron chi connectivity index (χ3n) is 2.93. The molecule has 1 aliphatic rings. The first-order valence-corrected chi connectivity index (χ1v) is 9.50. The zero-order valence-corrected chi connectivity index (χ0v) is 12.3. The van der Waals surface area contributed by atoms with Crippen molar-refractivity contribution in [3.05, 3.63) is 41.4 Å². The van der Waals surface area contributed by atoms with Crippen molar-refractivity contribution in [3.63, 3.8) is 0 Å². The Morgan fingerprint density at radius 1 is 1.06 bits per heavy atom. The molecule has 1 aliphatic heterocycles. The van der Waals surface area contributed by atoms with Gasteiger partial charge in [0.1, 0.15) is 8.83 Å². The highest BCUT2D eigenvalue weighted by Crippen LogP contribution is 2.47. The van der Waals surface area contributed by atoms with E-state index in [2.05, 4.69) is 34.9 Å². The van der Waals surface area contributed by atoms with E-state index in [0.717, 1.165) is 5.02 Å². The van der Waals surface area contributed by atoms with Gasteiger partial charge < -0.3 is 4.57 Å². The molecule has 86 valence electrons. The van der Waals surface area contributed by atoms with Crippen LogP contribution in [0.3, 0.4) is 0 Å². The van der Waals surface area contributed by atoms with Crippen molar-refractivity contribution in [3.8, 4) is 5.69 Å². The first-order chi connectivity index (χ1) is 8.29. The smallest absolute Gasteiger partial charge is 0.122 e. The van der Waals surface area contributed by atoms with Crippen LogP contribution in [-0.4, -0.2) is 13.4 Å². The van der Waals surface area contributed by atoms with Crippen LogP contribution in [0, 0.1) is 0 Å². The van der Waals surface area contributed by atoms with Crippen LogP contribution >= 0.6 is 22.7 Å². The van der Waals surface area contributed by atoms with E-state index in [4.69, 9.17) is 22.7 Å². The Labute approximate surface area is 111 Å². The highest BCUT2D eigenvalue weighted by Gasteiger charge is 2.28. The minimum Gasteiger partial charge on any atom is -0.304 e. The summed E-state index contributed by atoms with van der Waals surface area (Å²) < 4.78 is 2.23. The highest BCUT2D eigenvalue weighted by molar-refractivity contribution is 6.92. The topological polar surface area (TPSA) is 4.93 Å². The molecule has 0 bridgehead atoms. The number of nitrogens with zero attached hydrogens (tertiary/aromatic N) is 1. The average molecular weight is 280 g/mol. The number of fused-ring (bicyclic) bond motifs is 4. The van der Waals surface area contributed by atoms with Crippen LogP contribution in [-0.2, 0) is 0 Å². The third kappa shape index (κ3) is 1.52. The Bertz CT molecular complexity index is 718. The van der Waals surface area contributed by atoms with Crippen molar-refractivity contribution >= 4 is 53.3 Å². The van der Waals surface area contributed by atoms with Crippen molar-refractivity contribution in [2.45, 2.75) is 6.55 Å². The molecule has 0 saturated carbocycles. The van der Waals surface area contributed by atoms with Crippen LogP contribution in [0.4, 0.5) is 0 Å². The summed E-state index contributed by atoms with van der Waals surface area (Å²) >= 11 is 11.2. The van der Waals surface area contributed by atoms with Gasteiger partial charge >= 0.3 is 0 Å². The number of halogens is 2. The van der Waals surface area contributed by atoms with E-state index in [1.807, 2.05) is 12.6 Å². The fraction of sp³-hybridized carbons (Fsp3) is 0.0769. The summed E-state index contributed by atoms with van der Waals surface area (Å²) in [6.07, 6.45) is 0. The van der Waals surface area contributed by atoms with Gasteiger partial charge in [-0.05, 0) is 12.1 Å². The maximum absolute atomic E-state index is 6.09.